The van der Waals surface area contributed by atoms with E-state index >= 15 is 0 Å². The molecule has 1 saturated carbocycles. The standard InChI is InChI=1S/C18H28N2O4S/c1-24-17-12-8-7-9-15(17)13-19-18(21)14-20(25(2,22)23)16-10-5-3-4-6-11-16/h7-9,12,16H,3-6,10-11,13-14H2,1-2H3,(H,19,21). The highest BCUT2D eigenvalue weighted by Crippen LogP contribution is 2.23. The molecule has 0 unspecified atom stereocenters. The number of carbonyl (C=O) groups excluding carboxylic acids is 1. The molecule has 0 aromatic heterocycles. The first kappa shape index (κ1) is 19.7. The van der Waals surface area contributed by atoms with Crippen LogP contribution in [0.15, 0.2) is 24.3 Å². The molecule has 6 nitrogen and oxygen atoms in total. The average molecular weight is 368 g/mol. The molecule has 7 heteroatoms. The lowest BCUT2D eigenvalue weighted by Gasteiger charge is -2.28. The summed E-state index contributed by atoms with van der Waals surface area (Å²) in [7, 11) is -1.84. The van der Waals surface area contributed by atoms with Crippen LogP contribution in [0.5, 0.6) is 5.75 Å². The van der Waals surface area contributed by atoms with E-state index < -0.39 is 10.0 Å². The molecule has 1 N–H and O–H groups in total. The molecule has 25 heavy (non-hydrogen) atoms. The number of para-hydroxylation sites is 1. The van der Waals surface area contributed by atoms with Gasteiger partial charge in [-0.25, -0.2) is 8.42 Å². The SMILES string of the molecule is COc1ccccc1CNC(=O)CN(C1CCCCCC1)S(C)(=O)=O. The van der Waals surface area contributed by atoms with Gasteiger partial charge in [0.1, 0.15) is 5.75 Å². The minimum atomic E-state index is -3.42. The highest BCUT2D eigenvalue weighted by atomic mass is 32.2. The second-order valence-corrected chi connectivity index (χ2v) is 8.48. The van der Waals surface area contributed by atoms with Gasteiger partial charge in [-0.1, -0.05) is 43.9 Å². The molecular formula is C18H28N2O4S. The van der Waals surface area contributed by atoms with Gasteiger partial charge in [-0.3, -0.25) is 4.79 Å². The number of carbonyl (C=O) groups is 1. The third-order valence-electron chi connectivity index (χ3n) is 4.63. The highest BCUT2D eigenvalue weighted by molar-refractivity contribution is 7.88. The van der Waals surface area contributed by atoms with E-state index in [9.17, 15) is 13.2 Å². The summed E-state index contributed by atoms with van der Waals surface area (Å²) in [6.07, 6.45) is 7.13. The molecule has 1 aliphatic carbocycles. The summed E-state index contributed by atoms with van der Waals surface area (Å²) in [4.78, 5) is 12.3. The molecule has 1 amide bonds. The lowest BCUT2D eigenvalue weighted by Crippen LogP contribution is -2.45. The van der Waals surface area contributed by atoms with Crippen LogP contribution in [0.4, 0.5) is 0 Å². The molecule has 0 bridgehead atoms. The Labute approximate surface area is 150 Å². The van der Waals surface area contributed by atoms with Gasteiger partial charge >= 0.3 is 0 Å². The molecule has 1 aliphatic rings. The zero-order valence-corrected chi connectivity index (χ0v) is 15.8. The van der Waals surface area contributed by atoms with Crippen LogP contribution in [0.25, 0.3) is 0 Å². The van der Waals surface area contributed by atoms with Gasteiger partial charge in [-0.15, -0.1) is 0 Å². The Hall–Kier alpha value is -1.60. The van der Waals surface area contributed by atoms with E-state index in [1.165, 1.54) is 10.6 Å². The number of methoxy groups -OCH3 is 1. The molecule has 1 aromatic carbocycles. The van der Waals surface area contributed by atoms with Crippen molar-refractivity contribution in [2.75, 3.05) is 19.9 Å². The van der Waals surface area contributed by atoms with Crippen LogP contribution in [-0.4, -0.2) is 44.6 Å². The fraction of sp³-hybridized carbons (Fsp3) is 0.611. The molecule has 0 spiro atoms. The van der Waals surface area contributed by atoms with Crippen molar-refractivity contribution in [3.05, 3.63) is 29.8 Å². The Morgan fingerprint density at radius 3 is 2.44 bits per heavy atom. The summed E-state index contributed by atoms with van der Waals surface area (Å²) < 4.78 is 31.0. The Morgan fingerprint density at radius 1 is 1.20 bits per heavy atom. The average Bonchev–Trinajstić information content (AvgIpc) is 2.86. The van der Waals surface area contributed by atoms with Crippen LogP contribution >= 0.6 is 0 Å². The molecular weight excluding hydrogens is 340 g/mol. The Balaban J connectivity index is 1.99. The topological polar surface area (TPSA) is 75.7 Å². The molecule has 0 atom stereocenters. The van der Waals surface area contributed by atoms with Crippen LogP contribution in [-0.2, 0) is 21.4 Å². The van der Waals surface area contributed by atoms with Crippen molar-refractivity contribution in [2.45, 2.75) is 51.1 Å². The fourth-order valence-electron chi connectivity index (χ4n) is 3.30. The largest absolute Gasteiger partial charge is 0.496 e. The van der Waals surface area contributed by atoms with Crippen LogP contribution in [0.2, 0.25) is 0 Å². The third kappa shape index (κ3) is 6.01. The second kappa shape index (κ2) is 9.20. The minimum Gasteiger partial charge on any atom is -0.496 e. The van der Waals surface area contributed by atoms with Crippen LogP contribution in [0, 0.1) is 0 Å². The molecule has 1 aromatic rings. The summed E-state index contributed by atoms with van der Waals surface area (Å²) in [5, 5.41) is 2.81. The predicted octanol–water partition coefficient (Wildman–Crippen LogP) is 2.30. The van der Waals surface area contributed by atoms with E-state index in [4.69, 9.17) is 4.74 Å². The van der Waals surface area contributed by atoms with Crippen LogP contribution in [0.3, 0.4) is 0 Å². The van der Waals surface area contributed by atoms with Crippen molar-refractivity contribution in [3.8, 4) is 5.75 Å². The summed E-state index contributed by atoms with van der Waals surface area (Å²) >= 11 is 0. The highest BCUT2D eigenvalue weighted by Gasteiger charge is 2.29. The first-order valence-corrected chi connectivity index (χ1v) is 10.6. The number of ether oxygens (including phenoxy) is 1. The molecule has 140 valence electrons. The van der Waals surface area contributed by atoms with E-state index in [-0.39, 0.29) is 18.5 Å². The zero-order chi connectivity index (χ0) is 18.3. The minimum absolute atomic E-state index is 0.0745. The number of amides is 1. The van der Waals surface area contributed by atoms with Gasteiger partial charge in [-0.05, 0) is 18.9 Å². The number of hydrogen-bond donors (Lipinski definition) is 1. The maximum Gasteiger partial charge on any atom is 0.235 e. The first-order chi connectivity index (χ1) is 11.9. The van der Waals surface area contributed by atoms with E-state index in [0.29, 0.717) is 12.3 Å². The van der Waals surface area contributed by atoms with Gasteiger partial charge in [0.25, 0.3) is 0 Å². The first-order valence-electron chi connectivity index (χ1n) is 8.77. The van der Waals surface area contributed by atoms with E-state index in [2.05, 4.69) is 5.32 Å². The molecule has 2 rings (SSSR count). The molecule has 0 radical (unpaired) electrons. The van der Waals surface area contributed by atoms with Gasteiger partial charge in [0, 0.05) is 18.2 Å². The van der Waals surface area contributed by atoms with Gasteiger partial charge < -0.3 is 10.1 Å². The third-order valence-corrected chi connectivity index (χ3v) is 5.91. The Morgan fingerprint density at radius 2 is 1.84 bits per heavy atom. The number of nitrogens with one attached hydrogen (secondary N) is 1. The Bertz CT molecular complexity index is 667. The number of benzene rings is 1. The Kier molecular flexibility index (Phi) is 7.25. The number of rotatable bonds is 7. The van der Waals surface area contributed by atoms with E-state index in [1.807, 2.05) is 24.3 Å². The molecule has 0 saturated heterocycles. The van der Waals surface area contributed by atoms with Crippen LogP contribution < -0.4 is 10.1 Å². The van der Waals surface area contributed by atoms with E-state index in [1.54, 1.807) is 7.11 Å². The molecule has 0 aliphatic heterocycles. The zero-order valence-electron chi connectivity index (χ0n) is 15.0. The maximum atomic E-state index is 12.3. The van der Waals surface area contributed by atoms with Crippen molar-refractivity contribution in [3.63, 3.8) is 0 Å². The second-order valence-electron chi connectivity index (χ2n) is 6.54. The predicted molar refractivity (Wildman–Crippen MR) is 97.9 cm³/mol. The lowest BCUT2D eigenvalue weighted by atomic mass is 10.1. The van der Waals surface area contributed by atoms with E-state index in [0.717, 1.165) is 44.1 Å². The maximum absolute atomic E-state index is 12.3. The number of sulfonamides is 1. The van der Waals surface area contributed by atoms with Crippen molar-refractivity contribution < 1.29 is 17.9 Å². The molecule has 1 fully saturated rings. The monoisotopic (exact) mass is 368 g/mol. The van der Waals surface area contributed by atoms with Crippen molar-refractivity contribution >= 4 is 15.9 Å². The smallest absolute Gasteiger partial charge is 0.235 e. The summed E-state index contributed by atoms with van der Waals surface area (Å²) in [5.41, 5.74) is 0.860. The van der Waals surface area contributed by atoms with Gasteiger partial charge in [0.2, 0.25) is 15.9 Å². The van der Waals surface area contributed by atoms with Crippen molar-refractivity contribution in [1.82, 2.24) is 9.62 Å². The lowest BCUT2D eigenvalue weighted by molar-refractivity contribution is -0.121. The summed E-state index contributed by atoms with van der Waals surface area (Å²) in [6, 6.07) is 7.36. The van der Waals surface area contributed by atoms with Crippen molar-refractivity contribution in [1.29, 1.82) is 0 Å². The van der Waals surface area contributed by atoms with Gasteiger partial charge in [-0.2, -0.15) is 4.31 Å². The summed E-state index contributed by atoms with van der Waals surface area (Å²) in [5.74, 6) is 0.409. The summed E-state index contributed by atoms with van der Waals surface area (Å²) in [6.45, 7) is 0.184. The number of hydrogen-bond acceptors (Lipinski definition) is 4. The van der Waals surface area contributed by atoms with Gasteiger partial charge in [0.15, 0.2) is 0 Å². The number of nitrogens with zero attached hydrogens (tertiary/aromatic N) is 1. The molecule has 0 heterocycles. The normalized spacial score (nSPS) is 16.4. The fourth-order valence-corrected chi connectivity index (χ4v) is 4.41. The van der Waals surface area contributed by atoms with Gasteiger partial charge in [0.05, 0.1) is 19.9 Å². The quantitative estimate of drug-likeness (QED) is 0.749. The van der Waals surface area contributed by atoms with Crippen molar-refractivity contribution in [2.24, 2.45) is 0 Å². The van der Waals surface area contributed by atoms with Crippen LogP contribution in [0.1, 0.15) is 44.1 Å².